The van der Waals surface area contributed by atoms with Crippen molar-refractivity contribution in [3.8, 4) is 0 Å². The van der Waals surface area contributed by atoms with E-state index >= 15 is 0 Å². The third-order valence-corrected chi connectivity index (χ3v) is 3.82. The molecule has 0 aromatic carbocycles. The molecule has 2 atom stereocenters. The Morgan fingerprint density at radius 3 is 2.17 bits per heavy atom. The summed E-state index contributed by atoms with van der Waals surface area (Å²) >= 11 is 0. The van der Waals surface area contributed by atoms with Crippen LogP contribution in [0.3, 0.4) is 0 Å². The van der Waals surface area contributed by atoms with Crippen LogP contribution in [0.15, 0.2) is 0 Å². The van der Waals surface area contributed by atoms with Gasteiger partial charge < -0.3 is 11.5 Å². The summed E-state index contributed by atoms with van der Waals surface area (Å²) in [6, 6.07) is -1.19. The fraction of sp³-hybridized carbons (Fsp3) is 0.727. The van der Waals surface area contributed by atoms with Crippen LogP contribution in [-0.4, -0.2) is 60.5 Å². The van der Waals surface area contributed by atoms with Crippen LogP contribution < -0.4 is 11.5 Å². The van der Waals surface area contributed by atoms with Crippen LogP contribution >= 0.6 is 0 Å². The SMILES string of the molecule is CN1CC[N+](C)(C(C(N)=O)C(C)(C)C(N)=O)C1=O. The number of nitrogens with two attached hydrogens (primary N) is 2. The van der Waals surface area contributed by atoms with Gasteiger partial charge in [0, 0.05) is 7.05 Å². The van der Waals surface area contributed by atoms with Gasteiger partial charge in [-0.1, -0.05) is 0 Å². The van der Waals surface area contributed by atoms with Crippen molar-refractivity contribution in [1.29, 1.82) is 0 Å². The minimum Gasteiger partial charge on any atom is -0.369 e. The molecule has 1 rings (SSSR count). The topological polar surface area (TPSA) is 106 Å². The zero-order chi connectivity index (χ0) is 14.3. The molecule has 0 spiro atoms. The minimum absolute atomic E-state index is 0.207. The molecular formula is C11H21N4O3+. The summed E-state index contributed by atoms with van der Waals surface area (Å²) in [4.78, 5) is 37.0. The normalized spacial score (nSPS) is 26.2. The number of quaternary nitrogens is 1. The molecule has 7 heteroatoms. The van der Waals surface area contributed by atoms with Crippen molar-refractivity contribution in [2.75, 3.05) is 27.2 Å². The van der Waals surface area contributed by atoms with E-state index in [0.717, 1.165) is 0 Å². The van der Waals surface area contributed by atoms with Gasteiger partial charge in [-0.3, -0.25) is 14.5 Å². The maximum absolute atomic E-state index is 12.2. The predicted octanol–water partition coefficient (Wildman–Crippen LogP) is -1.14. The molecule has 0 aliphatic carbocycles. The highest BCUT2D eigenvalue weighted by Gasteiger charge is 2.58. The van der Waals surface area contributed by atoms with Crippen LogP contribution in [0.4, 0.5) is 4.79 Å². The number of nitrogens with zero attached hydrogens (tertiary/aromatic N) is 2. The number of rotatable bonds is 4. The largest absolute Gasteiger partial charge is 0.419 e. The van der Waals surface area contributed by atoms with Gasteiger partial charge in [0.05, 0.1) is 13.6 Å². The van der Waals surface area contributed by atoms with Crippen LogP contribution in [0, 0.1) is 5.41 Å². The van der Waals surface area contributed by atoms with Crippen molar-refractivity contribution >= 4 is 17.8 Å². The molecule has 0 aromatic heterocycles. The minimum atomic E-state index is -1.18. The second-order valence-corrected chi connectivity index (χ2v) is 5.59. The monoisotopic (exact) mass is 257 g/mol. The van der Waals surface area contributed by atoms with Gasteiger partial charge in [0.15, 0.2) is 6.04 Å². The first-order valence-electron chi connectivity index (χ1n) is 5.75. The Balaban J connectivity index is 3.27. The average Bonchev–Trinajstić information content (AvgIpc) is 2.45. The molecule has 1 aliphatic rings. The summed E-state index contributed by atoms with van der Waals surface area (Å²) in [7, 11) is 3.27. The fourth-order valence-corrected chi connectivity index (χ4v) is 2.66. The molecule has 0 saturated carbocycles. The molecular weight excluding hydrogens is 236 g/mol. The molecule has 1 aliphatic heterocycles. The number of hydrogen-bond donors (Lipinski definition) is 2. The second-order valence-electron chi connectivity index (χ2n) is 5.59. The molecule has 4 N–H and O–H groups in total. The molecule has 18 heavy (non-hydrogen) atoms. The summed E-state index contributed by atoms with van der Waals surface area (Å²) in [6.45, 7) is 4.04. The lowest BCUT2D eigenvalue weighted by atomic mass is 9.81. The van der Waals surface area contributed by atoms with Gasteiger partial charge >= 0.3 is 6.03 Å². The van der Waals surface area contributed by atoms with Gasteiger partial charge in [0.2, 0.25) is 5.91 Å². The van der Waals surface area contributed by atoms with E-state index in [4.69, 9.17) is 11.5 Å². The van der Waals surface area contributed by atoms with Crippen molar-refractivity contribution in [3.63, 3.8) is 0 Å². The van der Waals surface area contributed by atoms with Gasteiger partial charge in [0.25, 0.3) is 5.91 Å². The first-order valence-corrected chi connectivity index (χ1v) is 5.75. The van der Waals surface area contributed by atoms with E-state index < -0.39 is 23.3 Å². The van der Waals surface area contributed by atoms with Crippen LogP contribution in [-0.2, 0) is 9.59 Å². The number of likely N-dealkylation sites (N-methyl/N-ethyl adjacent to an activating group) is 2. The lowest BCUT2D eigenvalue weighted by Gasteiger charge is -2.39. The standard InChI is InChI=1S/C11H20N4O3/c1-11(2,9(13)17)7(8(12)16)15(4)6-5-14(3)10(15)18/h7H,5-6H2,1-4H3,(H3-,12,13,16,17)/p+1. The van der Waals surface area contributed by atoms with Gasteiger partial charge in [0.1, 0.15) is 12.0 Å². The van der Waals surface area contributed by atoms with Gasteiger partial charge in [-0.25, -0.2) is 9.28 Å². The summed E-state index contributed by atoms with van der Waals surface area (Å²) in [5, 5.41) is 0. The zero-order valence-corrected chi connectivity index (χ0v) is 11.3. The van der Waals surface area contributed by atoms with E-state index in [1.54, 1.807) is 27.9 Å². The molecule has 1 heterocycles. The smallest absolute Gasteiger partial charge is 0.369 e. The van der Waals surface area contributed by atoms with Crippen LogP contribution in [0.1, 0.15) is 13.8 Å². The average molecular weight is 257 g/mol. The van der Waals surface area contributed by atoms with Crippen molar-refractivity contribution in [3.05, 3.63) is 0 Å². The van der Waals surface area contributed by atoms with E-state index in [-0.39, 0.29) is 10.5 Å². The summed E-state index contributed by atoms with van der Waals surface area (Å²) in [5.74, 6) is -1.34. The fourth-order valence-electron chi connectivity index (χ4n) is 2.66. The predicted molar refractivity (Wildman–Crippen MR) is 65.0 cm³/mol. The van der Waals surface area contributed by atoms with Crippen LogP contribution in [0.5, 0.6) is 0 Å². The Hall–Kier alpha value is -1.63. The summed E-state index contributed by atoms with van der Waals surface area (Å²) in [6.07, 6.45) is 0. The lowest BCUT2D eigenvalue weighted by Crippen LogP contribution is -2.67. The van der Waals surface area contributed by atoms with Crippen molar-refractivity contribution < 1.29 is 18.9 Å². The second kappa shape index (κ2) is 4.24. The van der Waals surface area contributed by atoms with Gasteiger partial charge in [-0.15, -0.1) is 0 Å². The molecule has 0 radical (unpaired) electrons. The van der Waals surface area contributed by atoms with Crippen molar-refractivity contribution in [2.24, 2.45) is 16.9 Å². The summed E-state index contributed by atoms with van der Waals surface area (Å²) in [5.41, 5.74) is 9.55. The van der Waals surface area contributed by atoms with Crippen LogP contribution in [0.25, 0.3) is 0 Å². The number of amides is 4. The first kappa shape index (κ1) is 14.4. The quantitative estimate of drug-likeness (QED) is 0.622. The number of urea groups is 1. The maximum atomic E-state index is 12.2. The molecule has 0 bridgehead atoms. The maximum Gasteiger partial charge on any atom is 0.419 e. The highest BCUT2D eigenvalue weighted by molar-refractivity contribution is 5.91. The van der Waals surface area contributed by atoms with E-state index in [1.165, 1.54) is 4.90 Å². The Morgan fingerprint density at radius 1 is 1.39 bits per heavy atom. The lowest BCUT2D eigenvalue weighted by molar-refractivity contribution is -0.844. The zero-order valence-electron chi connectivity index (χ0n) is 11.3. The van der Waals surface area contributed by atoms with E-state index in [1.807, 2.05) is 0 Å². The van der Waals surface area contributed by atoms with Gasteiger partial charge in [-0.2, -0.15) is 0 Å². The molecule has 0 aromatic rings. The van der Waals surface area contributed by atoms with E-state index in [9.17, 15) is 14.4 Å². The Labute approximate surface area is 106 Å². The number of hydrogen-bond acceptors (Lipinski definition) is 3. The molecule has 4 amide bonds. The molecule has 102 valence electrons. The first-order chi connectivity index (χ1) is 8.05. The number of carbonyl (C=O) groups excluding carboxylic acids is 3. The number of carbonyl (C=O) groups is 3. The van der Waals surface area contributed by atoms with E-state index in [2.05, 4.69) is 0 Å². The summed E-state index contributed by atoms with van der Waals surface area (Å²) < 4.78 is -0.207. The molecule has 1 saturated heterocycles. The highest BCUT2D eigenvalue weighted by atomic mass is 16.2. The Morgan fingerprint density at radius 2 is 1.89 bits per heavy atom. The Kier molecular flexibility index (Phi) is 3.40. The molecule has 7 nitrogen and oxygen atoms in total. The molecule has 1 fully saturated rings. The van der Waals surface area contributed by atoms with Crippen LogP contribution in [0.2, 0.25) is 0 Å². The third-order valence-electron chi connectivity index (χ3n) is 3.82. The van der Waals surface area contributed by atoms with Gasteiger partial charge in [-0.05, 0) is 13.8 Å². The number of primary amides is 2. The van der Waals surface area contributed by atoms with Crippen molar-refractivity contribution in [2.45, 2.75) is 19.9 Å². The third kappa shape index (κ3) is 1.94. The highest BCUT2D eigenvalue weighted by Crippen LogP contribution is 2.32. The van der Waals surface area contributed by atoms with Crippen molar-refractivity contribution in [1.82, 2.24) is 4.90 Å². The Bertz CT molecular complexity index is 407. The molecule has 2 unspecified atom stereocenters. The van der Waals surface area contributed by atoms with E-state index in [0.29, 0.717) is 13.1 Å².